The monoisotopic (exact) mass is 398 g/mol. The van der Waals surface area contributed by atoms with E-state index in [1.165, 1.54) is 12.1 Å². The molecule has 1 amide bonds. The second-order valence-corrected chi connectivity index (χ2v) is 9.24. The van der Waals surface area contributed by atoms with Crippen molar-refractivity contribution in [2.45, 2.75) is 50.5 Å². The SMILES string of the molecule is CC(C)(C)NS(=O)(=O)c1ccc(NCCCN2CCCC2=O)c([N+](=O)[O-])c1. The van der Waals surface area contributed by atoms with Gasteiger partial charge in [0.1, 0.15) is 5.69 Å². The van der Waals surface area contributed by atoms with Gasteiger partial charge in [-0.15, -0.1) is 0 Å². The Morgan fingerprint density at radius 3 is 2.56 bits per heavy atom. The van der Waals surface area contributed by atoms with Gasteiger partial charge in [-0.25, -0.2) is 13.1 Å². The van der Waals surface area contributed by atoms with Crippen LogP contribution in [0.4, 0.5) is 11.4 Å². The second kappa shape index (κ2) is 8.22. The number of rotatable bonds is 8. The van der Waals surface area contributed by atoms with Gasteiger partial charge in [0.25, 0.3) is 5.69 Å². The Labute approximate surface area is 159 Å². The Kier molecular flexibility index (Phi) is 6.42. The molecule has 2 N–H and O–H groups in total. The highest BCUT2D eigenvalue weighted by Crippen LogP contribution is 2.28. The number of hydrogen-bond donors (Lipinski definition) is 2. The largest absolute Gasteiger partial charge is 0.379 e. The molecule has 1 aromatic carbocycles. The summed E-state index contributed by atoms with van der Waals surface area (Å²) in [6, 6.07) is 3.80. The maximum absolute atomic E-state index is 12.4. The number of nitrogens with one attached hydrogen (secondary N) is 2. The van der Waals surface area contributed by atoms with Crippen molar-refractivity contribution in [1.29, 1.82) is 0 Å². The van der Waals surface area contributed by atoms with Crippen molar-refractivity contribution in [1.82, 2.24) is 9.62 Å². The number of benzene rings is 1. The fourth-order valence-corrected chi connectivity index (χ4v) is 4.31. The Balaban J connectivity index is 2.06. The number of carbonyl (C=O) groups excluding carboxylic acids is 1. The first-order valence-electron chi connectivity index (χ1n) is 8.84. The topological polar surface area (TPSA) is 122 Å². The summed E-state index contributed by atoms with van der Waals surface area (Å²) in [5, 5.41) is 14.3. The summed E-state index contributed by atoms with van der Waals surface area (Å²) in [6.45, 7) is 6.88. The molecule has 150 valence electrons. The second-order valence-electron chi connectivity index (χ2n) is 7.56. The van der Waals surface area contributed by atoms with Crippen LogP contribution in [0, 0.1) is 10.1 Å². The lowest BCUT2D eigenvalue weighted by Gasteiger charge is -2.20. The molecule has 1 aliphatic rings. The Morgan fingerprint density at radius 2 is 2.00 bits per heavy atom. The summed E-state index contributed by atoms with van der Waals surface area (Å²) in [5.74, 6) is 0.141. The summed E-state index contributed by atoms with van der Waals surface area (Å²) in [5.41, 5.74) is -0.746. The van der Waals surface area contributed by atoms with Gasteiger partial charge in [-0.2, -0.15) is 0 Å². The van der Waals surface area contributed by atoms with Gasteiger partial charge in [0.05, 0.1) is 9.82 Å². The quantitative estimate of drug-likeness (QED) is 0.393. The molecule has 0 bridgehead atoms. The molecule has 0 spiro atoms. The molecule has 0 aromatic heterocycles. The van der Waals surface area contributed by atoms with Gasteiger partial charge in [0, 0.05) is 37.7 Å². The molecule has 27 heavy (non-hydrogen) atoms. The van der Waals surface area contributed by atoms with Crippen LogP contribution in [0.25, 0.3) is 0 Å². The first-order chi connectivity index (χ1) is 12.5. The molecule has 0 atom stereocenters. The summed E-state index contributed by atoms with van der Waals surface area (Å²) in [6.07, 6.45) is 2.10. The van der Waals surface area contributed by atoms with Crippen molar-refractivity contribution in [3.05, 3.63) is 28.3 Å². The maximum atomic E-state index is 12.4. The van der Waals surface area contributed by atoms with E-state index in [1.54, 1.807) is 25.7 Å². The highest BCUT2D eigenvalue weighted by atomic mass is 32.2. The Hall–Kier alpha value is -2.20. The minimum absolute atomic E-state index is 0.141. The number of nitro groups is 1. The van der Waals surface area contributed by atoms with Crippen molar-refractivity contribution >= 4 is 27.3 Å². The average molecular weight is 398 g/mol. The number of hydrogen-bond acceptors (Lipinski definition) is 6. The molecule has 1 aliphatic heterocycles. The molecule has 0 radical (unpaired) electrons. The maximum Gasteiger partial charge on any atom is 0.293 e. The summed E-state index contributed by atoms with van der Waals surface area (Å²) in [7, 11) is -3.86. The third kappa shape index (κ3) is 5.90. The zero-order valence-corrected chi connectivity index (χ0v) is 16.6. The predicted molar refractivity (Wildman–Crippen MR) is 102 cm³/mol. The van der Waals surface area contributed by atoms with Crippen molar-refractivity contribution in [3.63, 3.8) is 0 Å². The van der Waals surface area contributed by atoms with Gasteiger partial charge in [-0.1, -0.05) is 0 Å². The van der Waals surface area contributed by atoms with Gasteiger partial charge in [0.15, 0.2) is 0 Å². The van der Waals surface area contributed by atoms with E-state index in [-0.39, 0.29) is 22.2 Å². The first-order valence-corrected chi connectivity index (χ1v) is 10.3. The minimum Gasteiger partial charge on any atom is -0.379 e. The number of amides is 1. The number of nitrogens with zero attached hydrogens (tertiary/aromatic N) is 2. The van der Waals surface area contributed by atoms with E-state index < -0.39 is 20.5 Å². The van der Waals surface area contributed by atoms with Crippen LogP contribution in [0.2, 0.25) is 0 Å². The minimum atomic E-state index is -3.86. The van der Waals surface area contributed by atoms with Gasteiger partial charge in [-0.3, -0.25) is 14.9 Å². The molecule has 10 heteroatoms. The van der Waals surface area contributed by atoms with E-state index in [4.69, 9.17) is 0 Å². The number of carbonyl (C=O) groups is 1. The zero-order chi connectivity index (χ0) is 20.2. The van der Waals surface area contributed by atoms with Crippen LogP contribution in [0.3, 0.4) is 0 Å². The van der Waals surface area contributed by atoms with Crippen LogP contribution in [-0.4, -0.2) is 49.3 Å². The van der Waals surface area contributed by atoms with E-state index in [0.29, 0.717) is 25.9 Å². The average Bonchev–Trinajstić information content (AvgIpc) is 2.94. The molecule has 0 unspecified atom stereocenters. The smallest absolute Gasteiger partial charge is 0.293 e. The first kappa shape index (κ1) is 21.1. The van der Waals surface area contributed by atoms with Crippen molar-refractivity contribution in [2.75, 3.05) is 25.0 Å². The van der Waals surface area contributed by atoms with E-state index in [1.807, 2.05) is 0 Å². The normalized spacial score (nSPS) is 15.2. The molecule has 1 fully saturated rings. The zero-order valence-electron chi connectivity index (χ0n) is 15.8. The molecule has 0 saturated carbocycles. The van der Waals surface area contributed by atoms with E-state index in [2.05, 4.69) is 10.0 Å². The summed E-state index contributed by atoms with van der Waals surface area (Å²) >= 11 is 0. The van der Waals surface area contributed by atoms with Crippen molar-refractivity contribution in [3.8, 4) is 0 Å². The summed E-state index contributed by atoms with van der Waals surface area (Å²) in [4.78, 5) is 24.0. The van der Waals surface area contributed by atoms with Gasteiger partial charge in [0.2, 0.25) is 15.9 Å². The summed E-state index contributed by atoms with van der Waals surface area (Å²) < 4.78 is 27.2. The van der Waals surface area contributed by atoms with Crippen molar-refractivity contribution in [2.24, 2.45) is 0 Å². The standard InChI is InChI=1S/C17H26N4O5S/c1-17(2,3)19-27(25,26)13-7-8-14(15(12-13)21(23)24)18-9-5-11-20-10-4-6-16(20)22/h7-8,12,18-19H,4-6,9-11H2,1-3H3. The fraction of sp³-hybridized carbons (Fsp3) is 0.588. The number of anilines is 1. The Bertz CT molecular complexity index is 817. The van der Waals surface area contributed by atoms with Gasteiger partial charge >= 0.3 is 0 Å². The van der Waals surface area contributed by atoms with Gasteiger partial charge < -0.3 is 10.2 Å². The molecule has 1 aromatic rings. The molecular weight excluding hydrogens is 372 g/mol. The third-order valence-corrected chi connectivity index (χ3v) is 5.76. The molecule has 9 nitrogen and oxygen atoms in total. The number of sulfonamides is 1. The highest BCUT2D eigenvalue weighted by Gasteiger charge is 2.25. The lowest BCUT2D eigenvalue weighted by molar-refractivity contribution is -0.384. The van der Waals surface area contributed by atoms with E-state index in [0.717, 1.165) is 19.0 Å². The van der Waals surface area contributed by atoms with Crippen LogP contribution >= 0.6 is 0 Å². The predicted octanol–water partition coefficient (Wildman–Crippen LogP) is 2.10. The molecule has 1 heterocycles. The van der Waals surface area contributed by atoms with Crippen LogP contribution < -0.4 is 10.0 Å². The number of nitro benzene ring substituents is 1. The molecular formula is C17H26N4O5S. The molecule has 0 aliphatic carbocycles. The van der Waals surface area contributed by atoms with Crippen LogP contribution in [0.1, 0.15) is 40.0 Å². The molecule has 1 saturated heterocycles. The van der Waals surface area contributed by atoms with Gasteiger partial charge in [-0.05, 0) is 45.7 Å². The van der Waals surface area contributed by atoms with Crippen LogP contribution in [-0.2, 0) is 14.8 Å². The lowest BCUT2D eigenvalue weighted by atomic mass is 10.1. The van der Waals surface area contributed by atoms with E-state index in [9.17, 15) is 23.3 Å². The third-order valence-electron chi connectivity index (χ3n) is 4.01. The van der Waals surface area contributed by atoms with Crippen LogP contribution in [0.15, 0.2) is 23.1 Å². The van der Waals surface area contributed by atoms with Crippen molar-refractivity contribution < 1.29 is 18.1 Å². The number of likely N-dealkylation sites (tertiary alicyclic amines) is 1. The molecule has 2 rings (SSSR count). The van der Waals surface area contributed by atoms with E-state index >= 15 is 0 Å². The highest BCUT2D eigenvalue weighted by molar-refractivity contribution is 7.89. The fourth-order valence-electron chi connectivity index (χ4n) is 2.87. The Morgan fingerprint density at radius 1 is 1.30 bits per heavy atom. The van der Waals surface area contributed by atoms with Crippen LogP contribution in [0.5, 0.6) is 0 Å². The lowest BCUT2D eigenvalue weighted by Crippen LogP contribution is -2.40.